The zero-order valence-corrected chi connectivity index (χ0v) is 20.8. The number of anilines is 1. The molecule has 1 aromatic heterocycles. The summed E-state index contributed by atoms with van der Waals surface area (Å²) in [6.45, 7) is 4.16. The van der Waals surface area contributed by atoms with E-state index in [-0.39, 0.29) is 18.3 Å². The number of rotatable bonds is 11. The molecular weight excluding hydrogens is 446 g/mol. The number of hydrogen-bond acceptors (Lipinski definition) is 6. The highest BCUT2D eigenvalue weighted by molar-refractivity contribution is 7.22. The molecule has 0 radical (unpaired) electrons. The molecule has 0 aliphatic heterocycles. The fraction of sp³-hybridized carbons (Fsp3) is 0.417. The van der Waals surface area contributed by atoms with Crippen LogP contribution in [-0.4, -0.2) is 56.7 Å². The molecule has 0 aliphatic carbocycles. The van der Waals surface area contributed by atoms with Gasteiger partial charge in [0.2, 0.25) is 0 Å². The average Bonchev–Trinajstić information content (AvgIpc) is 3.19. The van der Waals surface area contributed by atoms with Crippen LogP contribution in [0.1, 0.15) is 36.5 Å². The third-order valence-electron chi connectivity index (χ3n) is 4.95. The van der Waals surface area contributed by atoms with Crippen molar-refractivity contribution in [2.24, 2.45) is 0 Å². The van der Waals surface area contributed by atoms with Crippen LogP contribution in [0.5, 0.6) is 11.5 Å². The quantitative estimate of drug-likeness (QED) is 0.341. The van der Waals surface area contributed by atoms with Gasteiger partial charge in [0.25, 0.3) is 5.91 Å². The lowest BCUT2D eigenvalue weighted by molar-refractivity contribution is 0.0985. The topological polar surface area (TPSA) is 54.9 Å². The van der Waals surface area contributed by atoms with Gasteiger partial charge in [-0.3, -0.25) is 9.69 Å². The Bertz CT molecular complexity index is 992. The number of aromatic nitrogens is 1. The van der Waals surface area contributed by atoms with E-state index < -0.39 is 0 Å². The lowest BCUT2D eigenvalue weighted by atomic mass is 10.2. The number of thiazole rings is 1. The van der Waals surface area contributed by atoms with Crippen molar-refractivity contribution in [3.63, 3.8) is 0 Å². The molecule has 0 aliphatic rings. The van der Waals surface area contributed by atoms with Crippen LogP contribution >= 0.6 is 23.7 Å². The molecule has 32 heavy (non-hydrogen) atoms. The fourth-order valence-electron chi connectivity index (χ4n) is 3.11. The minimum atomic E-state index is -0.0644. The number of nitrogens with zero attached hydrogens (tertiary/aromatic N) is 3. The van der Waals surface area contributed by atoms with Crippen molar-refractivity contribution in [3.05, 3.63) is 48.0 Å². The molecule has 174 valence electrons. The standard InChI is InChI=1S/C24H31N3O3S.ClH/c1-5-6-7-16-30-19-10-8-18(9-11-19)23(28)27(15-14-26(2)3)24-25-21-17-20(29-4)12-13-22(21)31-24;/h8-13,17H,5-7,14-16H2,1-4H3;1H. The monoisotopic (exact) mass is 477 g/mol. The Hall–Kier alpha value is -2.35. The van der Waals surface area contributed by atoms with Crippen LogP contribution in [0.2, 0.25) is 0 Å². The number of benzene rings is 2. The first-order valence-corrected chi connectivity index (χ1v) is 11.5. The van der Waals surface area contributed by atoms with Crippen LogP contribution in [0.3, 0.4) is 0 Å². The van der Waals surface area contributed by atoms with Gasteiger partial charge in [-0.05, 0) is 56.9 Å². The number of carbonyl (C=O) groups is 1. The summed E-state index contributed by atoms with van der Waals surface area (Å²) in [6.07, 6.45) is 3.36. The van der Waals surface area contributed by atoms with Gasteiger partial charge < -0.3 is 14.4 Å². The Morgan fingerprint density at radius 2 is 1.75 bits per heavy atom. The smallest absolute Gasteiger partial charge is 0.260 e. The van der Waals surface area contributed by atoms with Crippen molar-refractivity contribution < 1.29 is 14.3 Å². The Morgan fingerprint density at radius 1 is 1.03 bits per heavy atom. The third-order valence-corrected chi connectivity index (χ3v) is 6.01. The number of carbonyl (C=O) groups excluding carboxylic acids is 1. The SMILES string of the molecule is CCCCCOc1ccc(C(=O)N(CCN(C)C)c2nc3cc(OC)ccc3s2)cc1.Cl. The molecule has 0 saturated carbocycles. The van der Waals surface area contributed by atoms with Crippen molar-refractivity contribution >= 4 is 45.0 Å². The largest absolute Gasteiger partial charge is 0.497 e. The molecule has 0 bridgehead atoms. The molecule has 8 heteroatoms. The molecule has 0 N–H and O–H groups in total. The van der Waals surface area contributed by atoms with Gasteiger partial charge in [-0.2, -0.15) is 0 Å². The average molecular weight is 478 g/mol. The fourth-order valence-corrected chi connectivity index (χ4v) is 4.08. The van der Waals surface area contributed by atoms with Crippen LogP contribution in [0.15, 0.2) is 42.5 Å². The Morgan fingerprint density at radius 3 is 2.41 bits per heavy atom. The van der Waals surface area contributed by atoms with Gasteiger partial charge in [0, 0.05) is 24.7 Å². The normalized spacial score (nSPS) is 10.8. The van der Waals surface area contributed by atoms with E-state index in [4.69, 9.17) is 14.5 Å². The first-order chi connectivity index (χ1) is 15.0. The van der Waals surface area contributed by atoms with E-state index in [1.165, 1.54) is 11.3 Å². The Labute approximate surface area is 200 Å². The van der Waals surface area contributed by atoms with Crippen LogP contribution in [0.25, 0.3) is 10.2 Å². The summed E-state index contributed by atoms with van der Waals surface area (Å²) >= 11 is 1.51. The third kappa shape index (κ3) is 6.82. The molecule has 0 fully saturated rings. The van der Waals surface area contributed by atoms with E-state index in [2.05, 4.69) is 11.8 Å². The van der Waals surface area contributed by atoms with Gasteiger partial charge in [-0.1, -0.05) is 31.1 Å². The minimum absolute atomic E-state index is 0. The van der Waals surface area contributed by atoms with E-state index >= 15 is 0 Å². The maximum atomic E-state index is 13.4. The van der Waals surface area contributed by atoms with E-state index in [0.717, 1.165) is 47.5 Å². The predicted molar refractivity (Wildman–Crippen MR) is 135 cm³/mol. The second-order valence-corrected chi connectivity index (χ2v) is 8.68. The van der Waals surface area contributed by atoms with Gasteiger partial charge >= 0.3 is 0 Å². The Balaban J connectivity index is 0.00000363. The first-order valence-electron chi connectivity index (χ1n) is 10.7. The molecule has 0 spiro atoms. The van der Waals surface area contributed by atoms with Crippen molar-refractivity contribution in [1.82, 2.24) is 9.88 Å². The molecule has 0 unspecified atom stereocenters. The first kappa shape index (κ1) is 25.9. The molecule has 0 saturated heterocycles. The maximum absolute atomic E-state index is 13.4. The maximum Gasteiger partial charge on any atom is 0.260 e. The summed E-state index contributed by atoms with van der Waals surface area (Å²) in [6, 6.07) is 13.2. The van der Waals surface area contributed by atoms with Gasteiger partial charge in [0.15, 0.2) is 5.13 Å². The summed E-state index contributed by atoms with van der Waals surface area (Å²) in [7, 11) is 5.63. The molecule has 1 amide bonds. The van der Waals surface area contributed by atoms with Crippen molar-refractivity contribution in [2.45, 2.75) is 26.2 Å². The molecule has 0 atom stereocenters. The van der Waals surface area contributed by atoms with Gasteiger partial charge in [0.1, 0.15) is 11.5 Å². The van der Waals surface area contributed by atoms with Crippen LogP contribution in [0, 0.1) is 0 Å². The second kappa shape index (κ2) is 12.6. The van der Waals surface area contributed by atoms with Gasteiger partial charge in [-0.15, -0.1) is 12.4 Å². The van der Waals surface area contributed by atoms with Crippen LogP contribution in [-0.2, 0) is 0 Å². The number of fused-ring (bicyclic) bond motifs is 1. The highest BCUT2D eigenvalue weighted by atomic mass is 35.5. The number of likely N-dealkylation sites (N-methyl/N-ethyl adjacent to an activating group) is 1. The summed E-state index contributed by atoms with van der Waals surface area (Å²) in [5.41, 5.74) is 1.45. The second-order valence-electron chi connectivity index (χ2n) is 7.67. The number of hydrogen-bond donors (Lipinski definition) is 0. The number of ether oxygens (including phenoxy) is 2. The van der Waals surface area contributed by atoms with Gasteiger partial charge in [0.05, 0.1) is 23.9 Å². The molecular formula is C24H32ClN3O3S. The highest BCUT2D eigenvalue weighted by Crippen LogP contribution is 2.32. The highest BCUT2D eigenvalue weighted by Gasteiger charge is 2.21. The molecule has 3 aromatic rings. The van der Waals surface area contributed by atoms with Gasteiger partial charge in [-0.25, -0.2) is 4.98 Å². The predicted octanol–water partition coefficient (Wildman–Crippen LogP) is 5.50. The molecule has 3 rings (SSSR count). The lowest BCUT2D eigenvalue weighted by Gasteiger charge is -2.22. The zero-order valence-electron chi connectivity index (χ0n) is 19.2. The summed E-state index contributed by atoms with van der Waals surface area (Å²) < 4.78 is 12.1. The zero-order chi connectivity index (χ0) is 22.2. The van der Waals surface area contributed by atoms with Crippen molar-refractivity contribution in [3.8, 4) is 11.5 Å². The molecule has 2 aromatic carbocycles. The van der Waals surface area contributed by atoms with Crippen molar-refractivity contribution in [2.75, 3.05) is 45.8 Å². The number of amides is 1. The van der Waals surface area contributed by atoms with E-state index in [0.29, 0.717) is 23.8 Å². The van der Waals surface area contributed by atoms with E-state index in [9.17, 15) is 4.79 Å². The summed E-state index contributed by atoms with van der Waals surface area (Å²) in [5.74, 6) is 1.48. The van der Waals surface area contributed by atoms with Crippen molar-refractivity contribution in [1.29, 1.82) is 0 Å². The van der Waals surface area contributed by atoms with E-state index in [1.54, 1.807) is 12.0 Å². The van der Waals surface area contributed by atoms with Crippen LogP contribution < -0.4 is 14.4 Å². The molecule has 1 heterocycles. The number of unbranched alkanes of at least 4 members (excludes halogenated alkanes) is 2. The summed E-state index contributed by atoms with van der Waals surface area (Å²) in [4.78, 5) is 21.9. The Kier molecular flexibility index (Phi) is 10.2. The van der Waals surface area contributed by atoms with Crippen LogP contribution in [0.4, 0.5) is 5.13 Å². The summed E-state index contributed by atoms with van der Waals surface area (Å²) in [5, 5.41) is 0.690. The number of methoxy groups -OCH3 is 1. The number of halogens is 1. The minimum Gasteiger partial charge on any atom is -0.497 e. The molecule has 6 nitrogen and oxygen atoms in total. The lowest BCUT2D eigenvalue weighted by Crippen LogP contribution is -2.36. The van der Waals surface area contributed by atoms with E-state index in [1.807, 2.05) is 56.6 Å².